The second kappa shape index (κ2) is 8.90. The second-order valence-electron chi connectivity index (χ2n) is 5.61. The summed E-state index contributed by atoms with van der Waals surface area (Å²) >= 11 is 0. The lowest BCUT2D eigenvalue weighted by atomic mass is 10.1. The molecule has 7 heteroatoms. The van der Waals surface area contributed by atoms with Gasteiger partial charge in [0.05, 0.1) is 0 Å². The van der Waals surface area contributed by atoms with Crippen molar-refractivity contribution in [1.29, 1.82) is 0 Å². The number of rotatable bonds is 8. The molecule has 0 aromatic heterocycles. The van der Waals surface area contributed by atoms with Gasteiger partial charge in [-0.15, -0.1) is 0 Å². The molecule has 1 saturated heterocycles. The highest BCUT2D eigenvalue weighted by atomic mass is 16.6. The van der Waals surface area contributed by atoms with E-state index in [1.165, 1.54) is 4.90 Å². The van der Waals surface area contributed by atoms with Crippen LogP contribution in [0, 0.1) is 0 Å². The van der Waals surface area contributed by atoms with Gasteiger partial charge < -0.3 is 14.6 Å². The average Bonchev–Trinajstić information content (AvgIpc) is 2.94. The van der Waals surface area contributed by atoms with Crippen LogP contribution in [0.3, 0.4) is 0 Å². The Morgan fingerprint density at radius 3 is 2.67 bits per heavy atom. The molecule has 1 aromatic carbocycles. The molecular formula is C17H21NO6. The zero-order valence-electron chi connectivity index (χ0n) is 13.3. The lowest BCUT2D eigenvalue weighted by Crippen LogP contribution is -2.38. The summed E-state index contributed by atoms with van der Waals surface area (Å²) in [6, 6.07) is 8.62. The minimum absolute atomic E-state index is 0.105. The van der Waals surface area contributed by atoms with Crippen LogP contribution >= 0.6 is 0 Å². The molecule has 1 aromatic rings. The number of amides is 1. The molecule has 1 heterocycles. The van der Waals surface area contributed by atoms with Gasteiger partial charge in [0.1, 0.15) is 12.6 Å². The van der Waals surface area contributed by atoms with E-state index in [2.05, 4.69) is 0 Å². The summed E-state index contributed by atoms with van der Waals surface area (Å²) in [5, 5.41) is 8.59. The number of carboxylic acids is 1. The van der Waals surface area contributed by atoms with Gasteiger partial charge in [0.15, 0.2) is 6.73 Å². The van der Waals surface area contributed by atoms with Crippen molar-refractivity contribution in [3.8, 4) is 0 Å². The van der Waals surface area contributed by atoms with E-state index in [0.29, 0.717) is 25.7 Å². The Bertz CT molecular complexity index is 574. The van der Waals surface area contributed by atoms with Crippen molar-refractivity contribution in [1.82, 2.24) is 4.90 Å². The lowest BCUT2D eigenvalue weighted by Gasteiger charge is -2.19. The molecule has 1 aliphatic rings. The van der Waals surface area contributed by atoms with Gasteiger partial charge in [-0.05, 0) is 18.4 Å². The van der Waals surface area contributed by atoms with Crippen LogP contribution in [0.25, 0.3) is 0 Å². The first-order valence-corrected chi connectivity index (χ1v) is 7.93. The summed E-state index contributed by atoms with van der Waals surface area (Å²) in [5.41, 5.74) is 0.863. The van der Waals surface area contributed by atoms with Gasteiger partial charge in [-0.3, -0.25) is 9.69 Å². The number of cyclic esters (lactones) is 1. The summed E-state index contributed by atoms with van der Waals surface area (Å²) in [6.45, 7) is 0.0297. The molecule has 24 heavy (non-hydrogen) atoms. The number of nitrogens with zero attached hydrogens (tertiary/aromatic N) is 1. The highest BCUT2D eigenvalue weighted by molar-refractivity contribution is 5.83. The van der Waals surface area contributed by atoms with E-state index in [1.807, 2.05) is 30.3 Å². The number of carbonyl (C=O) groups excluding carboxylic acids is 2. The van der Waals surface area contributed by atoms with Crippen molar-refractivity contribution in [2.24, 2.45) is 0 Å². The zero-order chi connectivity index (χ0) is 17.4. The van der Waals surface area contributed by atoms with Crippen LogP contribution in [-0.4, -0.2) is 40.8 Å². The third-order valence-electron chi connectivity index (χ3n) is 3.80. The van der Waals surface area contributed by atoms with E-state index in [-0.39, 0.29) is 19.8 Å². The summed E-state index contributed by atoms with van der Waals surface area (Å²) in [6.07, 6.45) is 1.85. The molecule has 0 aliphatic carbocycles. The van der Waals surface area contributed by atoms with Crippen LogP contribution in [0.2, 0.25) is 0 Å². The summed E-state index contributed by atoms with van der Waals surface area (Å²) in [5.74, 6) is -1.27. The van der Waals surface area contributed by atoms with Gasteiger partial charge >= 0.3 is 18.0 Å². The van der Waals surface area contributed by atoms with E-state index >= 15 is 0 Å². The predicted octanol–water partition coefficient (Wildman–Crippen LogP) is 2.54. The number of benzene rings is 1. The molecule has 7 nitrogen and oxygen atoms in total. The molecule has 0 unspecified atom stereocenters. The van der Waals surface area contributed by atoms with E-state index in [1.54, 1.807) is 0 Å². The SMILES string of the molecule is O=C(O)CCCCC[C@H]1C(=O)OCN1C(=O)OCc1ccccc1. The van der Waals surface area contributed by atoms with Crippen molar-refractivity contribution >= 4 is 18.0 Å². The smallest absolute Gasteiger partial charge is 0.413 e. The summed E-state index contributed by atoms with van der Waals surface area (Å²) in [4.78, 5) is 35.7. The topological polar surface area (TPSA) is 93.1 Å². The molecule has 0 saturated carbocycles. The monoisotopic (exact) mass is 335 g/mol. The van der Waals surface area contributed by atoms with Crippen LogP contribution < -0.4 is 0 Å². The normalized spacial score (nSPS) is 16.8. The molecule has 130 valence electrons. The third-order valence-corrected chi connectivity index (χ3v) is 3.80. The molecule has 1 fully saturated rings. The molecule has 2 rings (SSSR count). The van der Waals surface area contributed by atoms with Crippen molar-refractivity contribution in [2.75, 3.05) is 6.73 Å². The van der Waals surface area contributed by atoms with Crippen molar-refractivity contribution in [2.45, 2.75) is 44.8 Å². The molecule has 1 amide bonds. The molecule has 1 aliphatic heterocycles. The van der Waals surface area contributed by atoms with E-state index < -0.39 is 24.1 Å². The fourth-order valence-electron chi connectivity index (χ4n) is 2.49. The maximum atomic E-state index is 12.1. The number of aliphatic carboxylic acids is 1. The van der Waals surface area contributed by atoms with Gasteiger partial charge in [-0.25, -0.2) is 9.59 Å². The number of ether oxygens (including phenoxy) is 2. The van der Waals surface area contributed by atoms with Gasteiger partial charge in [-0.1, -0.05) is 43.2 Å². The average molecular weight is 335 g/mol. The second-order valence-corrected chi connectivity index (χ2v) is 5.61. The summed E-state index contributed by atoms with van der Waals surface area (Å²) < 4.78 is 10.2. The molecule has 0 spiro atoms. The fourth-order valence-corrected chi connectivity index (χ4v) is 2.49. The number of hydrogen-bond acceptors (Lipinski definition) is 5. The van der Waals surface area contributed by atoms with E-state index in [4.69, 9.17) is 14.6 Å². The maximum Gasteiger partial charge on any atom is 0.413 e. The molecule has 1 N–H and O–H groups in total. The molecule has 0 bridgehead atoms. The van der Waals surface area contributed by atoms with Crippen molar-refractivity contribution < 1.29 is 29.0 Å². The van der Waals surface area contributed by atoms with E-state index in [9.17, 15) is 14.4 Å². The van der Waals surface area contributed by atoms with Gasteiger partial charge in [0, 0.05) is 6.42 Å². The maximum absolute atomic E-state index is 12.1. The molecular weight excluding hydrogens is 314 g/mol. The van der Waals surface area contributed by atoms with Crippen LogP contribution in [0.15, 0.2) is 30.3 Å². The highest BCUT2D eigenvalue weighted by Crippen LogP contribution is 2.19. The fraction of sp³-hybridized carbons (Fsp3) is 0.471. The van der Waals surface area contributed by atoms with Gasteiger partial charge in [0.25, 0.3) is 0 Å². The Balaban J connectivity index is 1.78. The Hall–Kier alpha value is -2.57. The molecule has 0 radical (unpaired) electrons. The molecule has 1 atom stereocenters. The number of carboxylic acid groups (broad SMARTS) is 1. The van der Waals surface area contributed by atoms with Crippen molar-refractivity contribution in [3.63, 3.8) is 0 Å². The summed E-state index contributed by atoms with van der Waals surface area (Å²) in [7, 11) is 0. The Kier molecular flexibility index (Phi) is 6.60. The Morgan fingerprint density at radius 1 is 1.21 bits per heavy atom. The Morgan fingerprint density at radius 2 is 1.96 bits per heavy atom. The van der Waals surface area contributed by atoms with Crippen LogP contribution in [0.5, 0.6) is 0 Å². The number of esters is 1. The first-order valence-electron chi connectivity index (χ1n) is 7.93. The Labute approximate surface area is 140 Å². The van der Waals surface area contributed by atoms with Crippen LogP contribution in [0.1, 0.15) is 37.7 Å². The first kappa shape index (κ1) is 17.8. The number of hydrogen-bond donors (Lipinski definition) is 1. The number of carbonyl (C=O) groups is 3. The zero-order valence-corrected chi connectivity index (χ0v) is 13.3. The standard InChI is InChI=1S/C17H21NO6/c19-15(20)10-6-2-5-9-14-16(21)24-12-18(14)17(22)23-11-13-7-3-1-4-8-13/h1,3-4,7-8,14H,2,5-6,9-12H2,(H,19,20)/t14-/m0/s1. The minimum atomic E-state index is -0.832. The number of unbranched alkanes of at least 4 members (excludes halogenated alkanes) is 2. The minimum Gasteiger partial charge on any atom is -0.481 e. The van der Waals surface area contributed by atoms with Gasteiger partial charge in [-0.2, -0.15) is 0 Å². The first-order chi connectivity index (χ1) is 11.6. The highest BCUT2D eigenvalue weighted by Gasteiger charge is 2.38. The lowest BCUT2D eigenvalue weighted by molar-refractivity contribution is -0.139. The van der Waals surface area contributed by atoms with Crippen molar-refractivity contribution in [3.05, 3.63) is 35.9 Å². The van der Waals surface area contributed by atoms with E-state index in [0.717, 1.165) is 5.56 Å². The predicted molar refractivity (Wildman–Crippen MR) is 83.9 cm³/mol. The van der Waals surface area contributed by atoms with Crippen LogP contribution in [0.4, 0.5) is 4.79 Å². The quantitative estimate of drug-likeness (QED) is 0.580. The largest absolute Gasteiger partial charge is 0.481 e. The third kappa shape index (κ3) is 5.26. The van der Waals surface area contributed by atoms with Gasteiger partial charge in [0.2, 0.25) is 0 Å². The van der Waals surface area contributed by atoms with Crippen LogP contribution in [-0.2, 0) is 25.7 Å².